The zero-order valence-electron chi connectivity index (χ0n) is 12.7. The molecule has 0 spiro atoms. The first kappa shape index (κ1) is 15.0. The van der Waals surface area contributed by atoms with E-state index in [-0.39, 0.29) is 5.91 Å². The van der Waals surface area contributed by atoms with Crippen LogP contribution in [0.5, 0.6) is 0 Å². The topological polar surface area (TPSA) is 32.8 Å². The summed E-state index contributed by atoms with van der Waals surface area (Å²) in [6.45, 7) is 6.52. The maximum absolute atomic E-state index is 12.4. The van der Waals surface area contributed by atoms with Crippen molar-refractivity contribution < 1.29 is 9.53 Å². The van der Waals surface area contributed by atoms with E-state index in [1.165, 1.54) is 12.8 Å². The monoisotopic (exact) mass is 308 g/mol. The van der Waals surface area contributed by atoms with Crippen LogP contribution in [0.25, 0.3) is 0 Å². The minimum Gasteiger partial charge on any atom is -0.378 e. The molecule has 2 aliphatic heterocycles. The van der Waals surface area contributed by atoms with Gasteiger partial charge in [0.15, 0.2) is 0 Å². The fourth-order valence-electron chi connectivity index (χ4n) is 3.42. The number of amides is 1. The number of hydrogen-bond acceptors (Lipinski definition) is 4. The van der Waals surface area contributed by atoms with Crippen LogP contribution in [0.2, 0.25) is 0 Å². The van der Waals surface area contributed by atoms with Crippen molar-refractivity contribution >= 4 is 17.2 Å². The fraction of sp³-hybridized carbons (Fsp3) is 0.688. The van der Waals surface area contributed by atoms with Gasteiger partial charge in [-0.3, -0.25) is 9.69 Å². The molecule has 21 heavy (non-hydrogen) atoms. The van der Waals surface area contributed by atoms with E-state index in [0.717, 1.165) is 38.4 Å². The standard InChI is InChI=1S/C16H24N2O2S/c1-2-3-14-10-20-11-15-9-17(5-6-18(14)15)16(19)8-13-4-7-21-12-13/h4,7,12,14-15H,2-3,5-6,8-11H2,1H3/t14-,15+/m0/s1. The highest BCUT2D eigenvalue weighted by Gasteiger charge is 2.36. The molecule has 5 heteroatoms. The average Bonchev–Trinajstić information content (AvgIpc) is 3.00. The van der Waals surface area contributed by atoms with Gasteiger partial charge in [0.1, 0.15) is 0 Å². The van der Waals surface area contributed by atoms with E-state index in [2.05, 4.69) is 17.2 Å². The van der Waals surface area contributed by atoms with Crippen molar-refractivity contribution in [1.29, 1.82) is 0 Å². The second-order valence-corrected chi connectivity index (χ2v) is 6.80. The first-order chi connectivity index (χ1) is 10.3. The minimum atomic E-state index is 0.255. The predicted octanol–water partition coefficient (Wildman–Crippen LogP) is 2.00. The second-order valence-electron chi connectivity index (χ2n) is 6.02. The van der Waals surface area contributed by atoms with Gasteiger partial charge in [-0.15, -0.1) is 0 Å². The lowest BCUT2D eigenvalue weighted by molar-refractivity contribution is -0.139. The third-order valence-electron chi connectivity index (χ3n) is 4.53. The van der Waals surface area contributed by atoms with E-state index in [1.807, 2.05) is 16.3 Å². The number of nitrogens with zero attached hydrogens (tertiary/aromatic N) is 2. The smallest absolute Gasteiger partial charge is 0.227 e. The zero-order chi connectivity index (χ0) is 14.7. The molecule has 3 heterocycles. The van der Waals surface area contributed by atoms with Gasteiger partial charge in [-0.05, 0) is 28.8 Å². The fourth-order valence-corrected chi connectivity index (χ4v) is 4.09. The zero-order valence-corrected chi connectivity index (χ0v) is 13.5. The van der Waals surface area contributed by atoms with Gasteiger partial charge in [0, 0.05) is 25.7 Å². The number of thiophene rings is 1. The molecule has 3 rings (SSSR count). The lowest BCUT2D eigenvalue weighted by atomic mass is 10.0. The van der Waals surface area contributed by atoms with E-state index in [0.29, 0.717) is 18.5 Å². The molecule has 0 aromatic carbocycles. The molecule has 0 saturated carbocycles. The number of fused-ring (bicyclic) bond motifs is 1. The number of rotatable bonds is 4. The molecule has 0 bridgehead atoms. The van der Waals surface area contributed by atoms with Crippen molar-refractivity contribution in [2.75, 3.05) is 32.8 Å². The van der Waals surface area contributed by atoms with Gasteiger partial charge in [-0.2, -0.15) is 11.3 Å². The third-order valence-corrected chi connectivity index (χ3v) is 5.26. The molecular weight excluding hydrogens is 284 g/mol. The number of piperazine rings is 1. The first-order valence-electron chi connectivity index (χ1n) is 7.90. The quantitative estimate of drug-likeness (QED) is 0.853. The van der Waals surface area contributed by atoms with Crippen molar-refractivity contribution in [3.8, 4) is 0 Å². The Bertz CT molecular complexity index is 461. The van der Waals surface area contributed by atoms with Crippen molar-refractivity contribution in [2.24, 2.45) is 0 Å². The number of morpholine rings is 1. The molecule has 4 nitrogen and oxygen atoms in total. The minimum absolute atomic E-state index is 0.255. The van der Waals surface area contributed by atoms with Crippen LogP contribution in [0.1, 0.15) is 25.3 Å². The van der Waals surface area contributed by atoms with Gasteiger partial charge < -0.3 is 9.64 Å². The summed E-state index contributed by atoms with van der Waals surface area (Å²) in [5.74, 6) is 0.255. The van der Waals surface area contributed by atoms with Crippen LogP contribution in [0.15, 0.2) is 16.8 Å². The number of hydrogen-bond donors (Lipinski definition) is 0. The summed E-state index contributed by atoms with van der Waals surface area (Å²) < 4.78 is 5.76. The molecule has 0 unspecified atom stereocenters. The lowest BCUT2D eigenvalue weighted by Crippen LogP contribution is -2.62. The summed E-state index contributed by atoms with van der Waals surface area (Å²) in [4.78, 5) is 17.0. The summed E-state index contributed by atoms with van der Waals surface area (Å²) in [5.41, 5.74) is 1.14. The van der Waals surface area contributed by atoms with E-state index >= 15 is 0 Å². The Hall–Kier alpha value is -0.910. The van der Waals surface area contributed by atoms with Crippen LogP contribution < -0.4 is 0 Å². The lowest BCUT2D eigenvalue weighted by Gasteiger charge is -2.48. The molecule has 1 aromatic rings. The molecule has 2 atom stereocenters. The molecule has 116 valence electrons. The van der Waals surface area contributed by atoms with Crippen LogP contribution in [-0.2, 0) is 16.0 Å². The second kappa shape index (κ2) is 6.90. The largest absolute Gasteiger partial charge is 0.378 e. The highest BCUT2D eigenvalue weighted by atomic mass is 32.1. The molecule has 0 radical (unpaired) electrons. The van der Waals surface area contributed by atoms with Gasteiger partial charge >= 0.3 is 0 Å². The Morgan fingerprint density at radius 2 is 2.33 bits per heavy atom. The van der Waals surface area contributed by atoms with Crippen LogP contribution in [0.4, 0.5) is 0 Å². The molecule has 1 amide bonds. The molecule has 2 aliphatic rings. The summed E-state index contributed by atoms with van der Waals surface area (Å²) in [7, 11) is 0. The van der Waals surface area contributed by atoms with E-state index in [4.69, 9.17) is 4.74 Å². The Labute approximate surface area is 130 Å². The van der Waals surface area contributed by atoms with E-state index in [9.17, 15) is 4.79 Å². The van der Waals surface area contributed by atoms with E-state index < -0.39 is 0 Å². The van der Waals surface area contributed by atoms with Crippen LogP contribution >= 0.6 is 11.3 Å². The summed E-state index contributed by atoms with van der Waals surface area (Å²) in [5, 5.41) is 4.10. The summed E-state index contributed by atoms with van der Waals surface area (Å²) in [6.07, 6.45) is 2.92. The van der Waals surface area contributed by atoms with Crippen LogP contribution in [0.3, 0.4) is 0 Å². The van der Waals surface area contributed by atoms with Crippen molar-refractivity contribution in [2.45, 2.75) is 38.3 Å². The van der Waals surface area contributed by atoms with Gasteiger partial charge in [0.05, 0.1) is 25.7 Å². The van der Waals surface area contributed by atoms with Gasteiger partial charge in [0.2, 0.25) is 5.91 Å². The average molecular weight is 308 g/mol. The van der Waals surface area contributed by atoms with Crippen molar-refractivity contribution in [1.82, 2.24) is 9.80 Å². The first-order valence-corrected chi connectivity index (χ1v) is 8.84. The molecular formula is C16H24N2O2S. The van der Waals surface area contributed by atoms with Gasteiger partial charge in [0.25, 0.3) is 0 Å². The highest BCUT2D eigenvalue weighted by molar-refractivity contribution is 7.07. The Morgan fingerprint density at radius 3 is 3.10 bits per heavy atom. The maximum atomic E-state index is 12.4. The molecule has 1 aromatic heterocycles. The van der Waals surface area contributed by atoms with E-state index in [1.54, 1.807) is 11.3 Å². The SMILES string of the molecule is CCC[C@H]1COC[C@H]2CN(C(=O)Cc3ccsc3)CCN12. The highest BCUT2D eigenvalue weighted by Crippen LogP contribution is 2.22. The Kier molecular flexibility index (Phi) is 4.93. The molecule has 2 saturated heterocycles. The normalized spacial score (nSPS) is 26.6. The van der Waals surface area contributed by atoms with Crippen molar-refractivity contribution in [3.63, 3.8) is 0 Å². The number of ether oxygens (including phenoxy) is 1. The molecule has 2 fully saturated rings. The number of carbonyl (C=O) groups is 1. The van der Waals surface area contributed by atoms with Crippen LogP contribution in [-0.4, -0.2) is 60.6 Å². The van der Waals surface area contributed by atoms with Gasteiger partial charge in [-0.1, -0.05) is 13.3 Å². The maximum Gasteiger partial charge on any atom is 0.227 e. The predicted molar refractivity (Wildman–Crippen MR) is 84.6 cm³/mol. The summed E-state index contributed by atoms with van der Waals surface area (Å²) in [6, 6.07) is 2.97. The van der Waals surface area contributed by atoms with Crippen molar-refractivity contribution in [3.05, 3.63) is 22.4 Å². The molecule has 0 N–H and O–H groups in total. The summed E-state index contributed by atoms with van der Waals surface area (Å²) >= 11 is 1.65. The third kappa shape index (κ3) is 3.47. The number of carbonyl (C=O) groups excluding carboxylic acids is 1. The Morgan fingerprint density at radius 1 is 1.43 bits per heavy atom. The van der Waals surface area contributed by atoms with Crippen LogP contribution in [0, 0.1) is 0 Å². The van der Waals surface area contributed by atoms with Gasteiger partial charge in [-0.25, -0.2) is 0 Å². The Balaban J connectivity index is 1.58. The molecule has 0 aliphatic carbocycles.